The summed E-state index contributed by atoms with van der Waals surface area (Å²) in [7, 11) is 1.47. The number of phosphoric ester groups is 1. The summed E-state index contributed by atoms with van der Waals surface area (Å²) >= 11 is 0. The summed E-state index contributed by atoms with van der Waals surface area (Å²) in [6, 6.07) is 0. The van der Waals surface area contributed by atoms with Crippen LogP contribution in [0.5, 0.6) is 0 Å². The lowest BCUT2D eigenvalue weighted by Gasteiger charge is -2.24. The van der Waals surface area contributed by atoms with E-state index in [1.807, 2.05) is 21.1 Å². The van der Waals surface area contributed by atoms with Gasteiger partial charge in [0.25, 0.3) is 0 Å². The fraction of sp³-hybridized carbons (Fsp3) is 0.675. The molecular weight excluding hydrogens is 1130 g/mol. The molecule has 0 fully saturated rings. The highest BCUT2D eigenvalue weighted by Gasteiger charge is 2.27. The van der Waals surface area contributed by atoms with Crippen molar-refractivity contribution in [1.29, 1.82) is 0 Å². The second-order valence-electron chi connectivity index (χ2n) is 25.2. The predicted molar refractivity (Wildman–Crippen MR) is 390 cm³/mol. The summed E-state index contributed by atoms with van der Waals surface area (Å²) in [6.07, 6.45) is 102. The number of carbonyl (C=O) groups excluding carboxylic acids is 2. The number of nitrogens with zero attached hydrogens (tertiary/aromatic N) is 1. The third kappa shape index (κ3) is 72.9. The SMILES string of the molecule is CC/C=C\C/C=C\C/C=C\C/C=C\C/C=C\C/C=C\C/C=C\CCCCCCCCCCCCCCCCCCCCCC(=O)OC(COC(=O)CCCCCCCCCCC/C=C\C/C=C\C/C=C\C/C=C\C/C=C\CC)COP(=O)(O)OCC[N+](C)(C)C. The lowest BCUT2D eigenvalue weighted by Crippen LogP contribution is -2.37. The highest BCUT2D eigenvalue weighted by Crippen LogP contribution is 2.43. The van der Waals surface area contributed by atoms with Crippen LogP contribution in [0, 0.1) is 0 Å². The lowest BCUT2D eigenvalue weighted by atomic mass is 10.0. The largest absolute Gasteiger partial charge is 0.472 e. The molecule has 2 unspecified atom stereocenters. The molecule has 0 radical (unpaired) electrons. The highest BCUT2D eigenvalue weighted by atomic mass is 31.2. The number of likely N-dealkylation sites (N-methyl/N-ethyl adjacent to an activating group) is 1. The Balaban J connectivity index is 4.01. The number of esters is 2. The highest BCUT2D eigenvalue weighted by molar-refractivity contribution is 7.47. The Hall–Kier alpha value is -4.11. The Kier molecular flexibility index (Phi) is 66.1. The van der Waals surface area contributed by atoms with Crippen molar-refractivity contribution in [2.45, 2.75) is 302 Å². The van der Waals surface area contributed by atoms with Crippen LogP contribution in [0.1, 0.15) is 296 Å². The molecule has 0 bridgehead atoms. The van der Waals surface area contributed by atoms with Gasteiger partial charge in [0.05, 0.1) is 27.7 Å². The van der Waals surface area contributed by atoms with Crippen molar-refractivity contribution in [2.75, 3.05) is 47.5 Å². The molecule has 90 heavy (non-hydrogen) atoms. The smallest absolute Gasteiger partial charge is 0.462 e. The molecule has 10 heteroatoms. The minimum absolute atomic E-state index is 0.0259. The van der Waals surface area contributed by atoms with Gasteiger partial charge in [-0.2, -0.15) is 0 Å². The van der Waals surface area contributed by atoms with Gasteiger partial charge in [0.2, 0.25) is 0 Å². The summed E-state index contributed by atoms with van der Waals surface area (Å²) in [4.78, 5) is 35.9. The topological polar surface area (TPSA) is 108 Å². The summed E-state index contributed by atoms with van der Waals surface area (Å²) < 4.78 is 34.7. The molecule has 0 saturated heterocycles. The van der Waals surface area contributed by atoms with Gasteiger partial charge < -0.3 is 18.9 Å². The predicted octanol–water partition coefficient (Wildman–Crippen LogP) is 24.2. The first kappa shape index (κ1) is 85.9. The third-order valence-corrected chi connectivity index (χ3v) is 16.3. The fourth-order valence-electron chi connectivity index (χ4n) is 9.85. The third-order valence-electron chi connectivity index (χ3n) is 15.4. The van der Waals surface area contributed by atoms with Gasteiger partial charge in [-0.3, -0.25) is 18.6 Å². The number of allylic oxidation sites excluding steroid dienone is 24. The molecule has 0 amide bonds. The molecule has 0 aliphatic rings. The van der Waals surface area contributed by atoms with E-state index in [4.69, 9.17) is 18.5 Å². The van der Waals surface area contributed by atoms with Crippen molar-refractivity contribution >= 4 is 19.8 Å². The molecule has 0 saturated carbocycles. The van der Waals surface area contributed by atoms with Crippen LogP contribution in [0.25, 0.3) is 0 Å². The molecule has 0 aliphatic heterocycles. The van der Waals surface area contributed by atoms with Crippen LogP contribution in [0.4, 0.5) is 0 Å². The molecule has 0 spiro atoms. The zero-order valence-electron chi connectivity index (χ0n) is 58.6. The fourth-order valence-corrected chi connectivity index (χ4v) is 10.6. The maximum Gasteiger partial charge on any atom is 0.472 e. The van der Waals surface area contributed by atoms with E-state index in [1.165, 1.54) is 135 Å². The van der Waals surface area contributed by atoms with E-state index in [-0.39, 0.29) is 32.0 Å². The molecule has 0 heterocycles. The van der Waals surface area contributed by atoms with Crippen molar-refractivity contribution in [3.05, 3.63) is 146 Å². The van der Waals surface area contributed by atoms with E-state index < -0.39 is 26.5 Å². The minimum Gasteiger partial charge on any atom is -0.462 e. The summed E-state index contributed by atoms with van der Waals surface area (Å²) in [6.45, 7) is 4.21. The van der Waals surface area contributed by atoms with Gasteiger partial charge in [-0.25, -0.2) is 4.57 Å². The second-order valence-corrected chi connectivity index (χ2v) is 26.7. The monoisotopic (exact) mass is 1270 g/mol. The van der Waals surface area contributed by atoms with Crippen LogP contribution in [-0.4, -0.2) is 74.9 Å². The van der Waals surface area contributed by atoms with E-state index in [2.05, 4.69) is 160 Å². The van der Waals surface area contributed by atoms with Gasteiger partial charge in [-0.15, -0.1) is 0 Å². The lowest BCUT2D eigenvalue weighted by molar-refractivity contribution is -0.870. The van der Waals surface area contributed by atoms with Gasteiger partial charge in [-0.05, 0) is 116 Å². The van der Waals surface area contributed by atoms with Gasteiger partial charge >= 0.3 is 19.8 Å². The normalized spacial score (nSPS) is 14.0. The van der Waals surface area contributed by atoms with Crippen molar-refractivity contribution < 1.29 is 42.1 Å². The number of carbonyl (C=O) groups is 2. The average molecular weight is 1270 g/mol. The van der Waals surface area contributed by atoms with E-state index >= 15 is 0 Å². The first-order valence-corrected chi connectivity index (χ1v) is 38.1. The Labute approximate surface area is 554 Å². The van der Waals surface area contributed by atoms with Crippen LogP contribution in [0.3, 0.4) is 0 Å². The Bertz CT molecular complexity index is 2030. The van der Waals surface area contributed by atoms with Crippen LogP contribution in [0.2, 0.25) is 0 Å². The van der Waals surface area contributed by atoms with Crippen molar-refractivity contribution in [3.63, 3.8) is 0 Å². The molecule has 0 aromatic carbocycles. The zero-order valence-corrected chi connectivity index (χ0v) is 59.5. The summed E-state index contributed by atoms with van der Waals surface area (Å²) in [5.74, 6) is -0.802. The Morgan fingerprint density at radius 2 is 0.600 bits per heavy atom. The Morgan fingerprint density at radius 3 is 0.889 bits per heavy atom. The van der Waals surface area contributed by atoms with Gasteiger partial charge in [0.1, 0.15) is 19.8 Å². The number of phosphoric acid groups is 1. The number of unbranched alkanes of at least 4 members (excludes halogenated alkanes) is 28. The summed E-state index contributed by atoms with van der Waals surface area (Å²) in [5.41, 5.74) is 0. The molecule has 0 aliphatic carbocycles. The molecule has 0 aromatic rings. The summed E-state index contributed by atoms with van der Waals surface area (Å²) in [5, 5.41) is 0. The van der Waals surface area contributed by atoms with E-state index in [1.54, 1.807) is 0 Å². The van der Waals surface area contributed by atoms with Crippen LogP contribution in [0.15, 0.2) is 146 Å². The molecule has 1 N–H and O–H groups in total. The van der Waals surface area contributed by atoms with Gasteiger partial charge in [0.15, 0.2) is 6.10 Å². The molecular formula is C80H137NO8P+. The maximum atomic E-state index is 12.9. The van der Waals surface area contributed by atoms with Crippen LogP contribution >= 0.6 is 7.82 Å². The van der Waals surface area contributed by atoms with Crippen molar-refractivity contribution in [2.24, 2.45) is 0 Å². The van der Waals surface area contributed by atoms with Crippen LogP contribution < -0.4 is 0 Å². The number of hydrogen-bond donors (Lipinski definition) is 1. The second kappa shape index (κ2) is 69.2. The van der Waals surface area contributed by atoms with Crippen LogP contribution in [-0.2, 0) is 32.7 Å². The molecule has 514 valence electrons. The minimum atomic E-state index is -4.40. The Morgan fingerprint density at radius 1 is 0.344 bits per heavy atom. The zero-order chi connectivity index (χ0) is 65.5. The number of rotatable bonds is 66. The first-order chi connectivity index (χ1) is 44.0. The molecule has 9 nitrogen and oxygen atoms in total. The first-order valence-electron chi connectivity index (χ1n) is 36.6. The molecule has 2 atom stereocenters. The average Bonchev–Trinajstić information content (AvgIpc) is 3.62. The van der Waals surface area contributed by atoms with E-state index in [9.17, 15) is 19.0 Å². The number of ether oxygens (including phenoxy) is 2. The maximum absolute atomic E-state index is 12.9. The van der Waals surface area contributed by atoms with Crippen molar-refractivity contribution in [3.8, 4) is 0 Å². The van der Waals surface area contributed by atoms with E-state index in [0.717, 1.165) is 128 Å². The molecule has 0 rings (SSSR count). The standard InChI is InChI=1S/C80H136NO8P/c1-6-8-10-12-14-16-18-20-22-24-26-28-30-32-33-34-35-36-37-38-39-40-41-42-43-44-45-46-47-49-51-53-55-57-59-61-63-65-67-69-71-73-80(83)89-78(77-88-90(84,85)87-75-74-81(3,4)5)76-86-79(82)72-70-68-66-64-62-60-58-56-54-52-50-48-31-29-27-25-23-21-19-17-15-13-11-9-7-2/h8-11,14-17,20-23,26-29,32-33,35-36,38-39,48,50,78H,6-7,12-13,18-19,24-25,30-31,34,37,40-47,49,51-77H2,1-5H3/p+1/b10-8-,11-9-,16-14-,17-15-,22-20-,23-21-,28-26-,29-27-,33-32-,36-35-,39-38-,50-48-. The number of quaternary nitrogens is 1. The van der Waals surface area contributed by atoms with Gasteiger partial charge in [0, 0.05) is 12.8 Å². The number of hydrogen-bond acceptors (Lipinski definition) is 7. The van der Waals surface area contributed by atoms with Gasteiger partial charge in [-0.1, -0.05) is 314 Å². The van der Waals surface area contributed by atoms with Crippen molar-refractivity contribution in [1.82, 2.24) is 0 Å². The quantitative estimate of drug-likeness (QED) is 0.0211. The van der Waals surface area contributed by atoms with E-state index in [0.29, 0.717) is 17.4 Å². The molecule has 0 aromatic heterocycles.